The van der Waals surface area contributed by atoms with Crippen LogP contribution < -0.4 is 0 Å². The molecule has 1 heterocycles. The van der Waals surface area contributed by atoms with E-state index < -0.39 is 0 Å². The van der Waals surface area contributed by atoms with E-state index in [9.17, 15) is 4.79 Å². The maximum absolute atomic E-state index is 11.2. The summed E-state index contributed by atoms with van der Waals surface area (Å²) in [5, 5.41) is 3.99. The van der Waals surface area contributed by atoms with Gasteiger partial charge in [0.1, 0.15) is 5.78 Å². The first-order chi connectivity index (χ1) is 5.72. The zero-order valence-electron chi connectivity index (χ0n) is 7.58. The van der Waals surface area contributed by atoms with Gasteiger partial charge in [-0.05, 0) is 12.0 Å². The second kappa shape index (κ2) is 4.04. The van der Waals surface area contributed by atoms with Gasteiger partial charge in [0.2, 0.25) is 0 Å². The Morgan fingerprint density at radius 3 is 2.92 bits per heavy atom. The highest BCUT2D eigenvalue weighted by atomic mass is 16.1. The van der Waals surface area contributed by atoms with Crippen LogP contribution in [0.2, 0.25) is 0 Å². The summed E-state index contributed by atoms with van der Waals surface area (Å²) in [5.74, 6) is 0.297. The molecular weight excluding hydrogens is 152 g/mol. The number of ketones is 1. The number of hydrogen-bond acceptors (Lipinski definition) is 2. The number of aromatic nitrogens is 2. The van der Waals surface area contributed by atoms with E-state index in [1.165, 1.54) is 0 Å². The Kier molecular flexibility index (Phi) is 3.02. The molecule has 0 N–H and O–H groups in total. The molecule has 3 nitrogen and oxygen atoms in total. The average Bonchev–Trinajstić information content (AvgIpc) is 2.36. The van der Waals surface area contributed by atoms with Gasteiger partial charge in [-0.3, -0.25) is 9.48 Å². The van der Waals surface area contributed by atoms with Crippen molar-refractivity contribution in [3.63, 3.8) is 0 Å². The van der Waals surface area contributed by atoms with Crippen LogP contribution in [0.3, 0.4) is 0 Å². The fourth-order valence-electron chi connectivity index (χ4n) is 1.16. The summed E-state index contributed by atoms with van der Waals surface area (Å²) in [6.07, 6.45) is 5.76. The first kappa shape index (κ1) is 8.97. The lowest BCUT2D eigenvalue weighted by molar-refractivity contribution is -0.118. The SMILES string of the molecule is CCCC(=O)Cc1cnn(C)c1. The largest absolute Gasteiger partial charge is 0.299 e. The molecule has 12 heavy (non-hydrogen) atoms. The number of hydrogen-bond donors (Lipinski definition) is 0. The minimum absolute atomic E-state index is 0.297. The lowest BCUT2D eigenvalue weighted by Crippen LogP contribution is -2.00. The number of carbonyl (C=O) groups excluding carboxylic acids is 1. The van der Waals surface area contributed by atoms with Crippen LogP contribution in [0.4, 0.5) is 0 Å². The first-order valence-corrected chi connectivity index (χ1v) is 4.21. The zero-order chi connectivity index (χ0) is 8.97. The predicted molar refractivity (Wildman–Crippen MR) is 46.8 cm³/mol. The number of rotatable bonds is 4. The number of nitrogens with zero attached hydrogens (tertiary/aromatic N) is 2. The predicted octanol–water partition coefficient (Wildman–Crippen LogP) is 1.33. The number of aryl methyl sites for hydroxylation is 1. The van der Waals surface area contributed by atoms with Crippen LogP contribution in [0, 0.1) is 0 Å². The molecule has 0 bridgehead atoms. The van der Waals surface area contributed by atoms with E-state index in [4.69, 9.17) is 0 Å². The summed E-state index contributed by atoms with van der Waals surface area (Å²) in [6.45, 7) is 2.02. The normalized spacial score (nSPS) is 10.2. The maximum atomic E-state index is 11.2. The molecule has 0 aliphatic carbocycles. The molecule has 0 unspecified atom stereocenters. The Bertz CT molecular complexity index is 265. The molecule has 3 heteroatoms. The molecule has 0 aromatic carbocycles. The van der Waals surface area contributed by atoms with Crippen molar-refractivity contribution < 1.29 is 4.79 Å². The quantitative estimate of drug-likeness (QED) is 0.676. The van der Waals surface area contributed by atoms with Crippen molar-refractivity contribution in [1.29, 1.82) is 0 Å². The third kappa shape index (κ3) is 2.49. The molecule has 0 saturated carbocycles. The van der Waals surface area contributed by atoms with Crippen LogP contribution in [0.15, 0.2) is 12.4 Å². The van der Waals surface area contributed by atoms with Crippen LogP contribution in [0.1, 0.15) is 25.3 Å². The topological polar surface area (TPSA) is 34.9 Å². The van der Waals surface area contributed by atoms with Crippen molar-refractivity contribution in [3.8, 4) is 0 Å². The van der Waals surface area contributed by atoms with Crippen LogP contribution in [0.25, 0.3) is 0 Å². The molecule has 1 rings (SSSR count). The van der Waals surface area contributed by atoms with E-state index in [1.54, 1.807) is 10.9 Å². The molecular formula is C9H14N2O. The monoisotopic (exact) mass is 166 g/mol. The van der Waals surface area contributed by atoms with Gasteiger partial charge in [-0.2, -0.15) is 5.10 Å². The van der Waals surface area contributed by atoms with Crippen LogP contribution in [-0.4, -0.2) is 15.6 Å². The molecule has 1 aromatic heterocycles. The molecule has 0 radical (unpaired) electrons. The van der Waals surface area contributed by atoms with Crippen molar-refractivity contribution in [1.82, 2.24) is 9.78 Å². The summed E-state index contributed by atoms with van der Waals surface area (Å²) in [4.78, 5) is 11.2. The Balaban J connectivity index is 2.46. The van der Waals surface area contributed by atoms with E-state index in [1.807, 2.05) is 20.2 Å². The average molecular weight is 166 g/mol. The van der Waals surface area contributed by atoms with E-state index in [-0.39, 0.29) is 0 Å². The maximum Gasteiger partial charge on any atom is 0.137 e. The van der Waals surface area contributed by atoms with E-state index in [2.05, 4.69) is 5.10 Å². The molecule has 0 amide bonds. The summed E-state index contributed by atoms with van der Waals surface area (Å²) in [7, 11) is 1.85. The van der Waals surface area contributed by atoms with Crippen molar-refractivity contribution in [2.45, 2.75) is 26.2 Å². The standard InChI is InChI=1S/C9H14N2O/c1-3-4-9(12)5-8-6-10-11(2)7-8/h6-7H,3-5H2,1-2H3. The van der Waals surface area contributed by atoms with Crippen molar-refractivity contribution >= 4 is 5.78 Å². The fraction of sp³-hybridized carbons (Fsp3) is 0.556. The molecule has 66 valence electrons. The van der Waals surface area contributed by atoms with Crippen molar-refractivity contribution in [3.05, 3.63) is 18.0 Å². The Labute approximate surface area is 72.4 Å². The van der Waals surface area contributed by atoms with Gasteiger partial charge in [0, 0.05) is 26.1 Å². The minimum atomic E-state index is 0.297. The molecule has 0 fully saturated rings. The Hall–Kier alpha value is -1.12. The van der Waals surface area contributed by atoms with Crippen molar-refractivity contribution in [2.24, 2.45) is 7.05 Å². The second-order valence-corrected chi connectivity index (χ2v) is 2.99. The molecule has 1 aromatic rings. The van der Waals surface area contributed by atoms with Crippen LogP contribution >= 0.6 is 0 Å². The lowest BCUT2D eigenvalue weighted by Gasteiger charge is -1.93. The summed E-state index contributed by atoms with van der Waals surface area (Å²) < 4.78 is 1.72. The summed E-state index contributed by atoms with van der Waals surface area (Å²) in [6, 6.07) is 0. The van der Waals surface area contributed by atoms with Gasteiger partial charge >= 0.3 is 0 Å². The molecule has 0 saturated heterocycles. The van der Waals surface area contributed by atoms with Gasteiger partial charge < -0.3 is 0 Å². The molecule has 0 aliphatic rings. The van der Waals surface area contributed by atoms with Crippen molar-refractivity contribution in [2.75, 3.05) is 0 Å². The lowest BCUT2D eigenvalue weighted by atomic mass is 10.1. The smallest absolute Gasteiger partial charge is 0.137 e. The van der Waals surface area contributed by atoms with E-state index in [0.717, 1.165) is 12.0 Å². The van der Waals surface area contributed by atoms with E-state index >= 15 is 0 Å². The third-order valence-electron chi connectivity index (χ3n) is 1.69. The minimum Gasteiger partial charge on any atom is -0.299 e. The highest BCUT2D eigenvalue weighted by molar-refractivity contribution is 5.80. The van der Waals surface area contributed by atoms with Gasteiger partial charge in [0.15, 0.2) is 0 Å². The van der Waals surface area contributed by atoms with E-state index in [0.29, 0.717) is 18.6 Å². The van der Waals surface area contributed by atoms with Crippen LogP contribution in [0.5, 0.6) is 0 Å². The zero-order valence-corrected chi connectivity index (χ0v) is 7.58. The van der Waals surface area contributed by atoms with Gasteiger partial charge in [-0.1, -0.05) is 6.92 Å². The highest BCUT2D eigenvalue weighted by Gasteiger charge is 2.03. The Morgan fingerprint density at radius 2 is 2.42 bits per heavy atom. The van der Waals surface area contributed by atoms with Gasteiger partial charge in [0.05, 0.1) is 6.20 Å². The van der Waals surface area contributed by atoms with Gasteiger partial charge in [0.25, 0.3) is 0 Å². The molecule has 0 aliphatic heterocycles. The second-order valence-electron chi connectivity index (χ2n) is 2.99. The van der Waals surface area contributed by atoms with Gasteiger partial charge in [-0.25, -0.2) is 0 Å². The summed E-state index contributed by atoms with van der Waals surface area (Å²) in [5.41, 5.74) is 1.01. The molecule has 0 spiro atoms. The first-order valence-electron chi connectivity index (χ1n) is 4.21. The Morgan fingerprint density at radius 1 is 1.67 bits per heavy atom. The highest BCUT2D eigenvalue weighted by Crippen LogP contribution is 2.01. The van der Waals surface area contributed by atoms with Gasteiger partial charge in [-0.15, -0.1) is 0 Å². The third-order valence-corrected chi connectivity index (χ3v) is 1.69. The summed E-state index contributed by atoms with van der Waals surface area (Å²) >= 11 is 0. The van der Waals surface area contributed by atoms with Crippen LogP contribution in [-0.2, 0) is 18.3 Å². The fourth-order valence-corrected chi connectivity index (χ4v) is 1.16. The number of Topliss-reactive ketones (excluding diaryl/α,β-unsaturated/α-hetero) is 1. The molecule has 0 atom stereocenters. The number of carbonyl (C=O) groups is 1.